The van der Waals surface area contributed by atoms with Crippen LogP contribution in [0.25, 0.3) is 0 Å². The van der Waals surface area contributed by atoms with Crippen LogP contribution in [0.1, 0.15) is 19.8 Å². The number of hydrogen-bond donors (Lipinski definition) is 2. The van der Waals surface area contributed by atoms with Crippen molar-refractivity contribution in [3.63, 3.8) is 0 Å². The summed E-state index contributed by atoms with van der Waals surface area (Å²) in [5.41, 5.74) is 0. The first-order chi connectivity index (χ1) is 9.15. The molecular weight excluding hydrogens is 262 g/mol. The smallest absolute Gasteiger partial charge is 0.120 e. The maximum absolute atomic E-state index is 9.83. The third kappa shape index (κ3) is 5.39. The molecule has 1 aliphatic carbocycles. The van der Waals surface area contributed by atoms with E-state index in [1.165, 1.54) is 12.8 Å². The second-order valence-electron chi connectivity index (χ2n) is 5.40. The third-order valence-corrected chi connectivity index (χ3v) is 3.75. The lowest BCUT2D eigenvalue weighted by molar-refractivity contribution is 0.105. The van der Waals surface area contributed by atoms with Gasteiger partial charge in [0.15, 0.2) is 0 Å². The van der Waals surface area contributed by atoms with Gasteiger partial charge in [-0.05, 0) is 49.4 Å². The maximum Gasteiger partial charge on any atom is 0.120 e. The molecule has 2 atom stereocenters. The molecule has 2 N–H and O–H groups in total. The summed E-state index contributed by atoms with van der Waals surface area (Å²) in [4.78, 5) is 0. The molecule has 0 aromatic heterocycles. The van der Waals surface area contributed by atoms with Crippen LogP contribution >= 0.6 is 11.6 Å². The number of benzene rings is 1. The Kier molecular flexibility index (Phi) is 5.49. The predicted octanol–water partition coefficient (Wildman–Crippen LogP) is 2.72. The zero-order valence-corrected chi connectivity index (χ0v) is 12.1. The summed E-state index contributed by atoms with van der Waals surface area (Å²) in [6, 6.07) is 7.21. The van der Waals surface area contributed by atoms with Gasteiger partial charge in [-0.3, -0.25) is 0 Å². The van der Waals surface area contributed by atoms with Gasteiger partial charge in [0.05, 0.1) is 0 Å². The Morgan fingerprint density at radius 3 is 2.89 bits per heavy atom. The maximum atomic E-state index is 9.83. The molecule has 0 radical (unpaired) electrons. The fraction of sp³-hybridized carbons (Fsp3) is 0.600. The Balaban J connectivity index is 1.60. The van der Waals surface area contributed by atoms with E-state index in [2.05, 4.69) is 12.2 Å². The number of nitrogens with one attached hydrogen (secondary N) is 1. The molecule has 1 fully saturated rings. The summed E-state index contributed by atoms with van der Waals surface area (Å²) in [5, 5.41) is 13.8. The molecule has 1 aromatic carbocycles. The van der Waals surface area contributed by atoms with E-state index in [0.717, 1.165) is 12.5 Å². The summed E-state index contributed by atoms with van der Waals surface area (Å²) in [6.45, 7) is 4.08. The van der Waals surface area contributed by atoms with Crippen molar-refractivity contribution in [1.29, 1.82) is 0 Å². The van der Waals surface area contributed by atoms with Gasteiger partial charge in [-0.1, -0.05) is 24.6 Å². The van der Waals surface area contributed by atoms with Crippen LogP contribution in [-0.2, 0) is 0 Å². The lowest BCUT2D eigenvalue weighted by atomic mass is 10.1. The monoisotopic (exact) mass is 283 g/mol. The highest BCUT2D eigenvalue weighted by Crippen LogP contribution is 2.35. The SMILES string of the molecule is CC(CNCC(O)COc1cccc(Cl)c1)C1CC1. The van der Waals surface area contributed by atoms with Gasteiger partial charge < -0.3 is 15.2 Å². The van der Waals surface area contributed by atoms with E-state index in [-0.39, 0.29) is 6.61 Å². The molecule has 0 aliphatic heterocycles. The number of aliphatic hydroxyl groups is 1. The molecule has 0 spiro atoms. The normalized spacial score (nSPS) is 18.1. The van der Waals surface area contributed by atoms with Gasteiger partial charge in [0.2, 0.25) is 0 Å². The second-order valence-corrected chi connectivity index (χ2v) is 5.83. The number of aliphatic hydroxyl groups excluding tert-OH is 1. The highest BCUT2D eigenvalue weighted by atomic mass is 35.5. The second kappa shape index (κ2) is 7.13. The molecule has 1 aliphatic rings. The Labute approximate surface area is 119 Å². The van der Waals surface area contributed by atoms with Gasteiger partial charge in [-0.2, -0.15) is 0 Å². The van der Waals surface area contributed by atoms with Crippen molar-refractivity contribution >= 4 is 11.6 Å². The molecule has 19 heavy (non-hydrogen) atoms. The summed E-state index contributed by atoms with van der Waals surface area (Å²) >= 11 is 5.86. The molecule has 0 amide bonds. The van der Waals surface area contributed by atoms with Crippen LogP contribution < -0.4 is 10.1 Å². The first-order valence-electron chi connectivity index (χ1n) is 6.92. The van der Waals surface area contributed by atoms with E-state index >= 15 is 0 Å². The minimum Gasteiger partial charge on any atom is -0.491 e. The molecule has 1 saturated carbocycles. The number of rotatable bonds is 8. The first kappa shape index (κ1) is 14.6. The summed E-state index contributed by atoms with van der Waals surface area (Å²) in [5.74, 6) is 2.30. The average molecular weight is 284 g/mol. The quantitative estimate of drug-likeness (QED) is 0.771. The van der Waals surface area contributed by atoms with Crippen molar-refractivity contribution in [2.75, 3.05) is 19.7 Å². The topological polar surface area (TPSA) is 41.5 Å². The fourth-order valence-electron chi connectivity index (χ4n) is 2.12. The van der Waals surface area contributed by atoms with Gasteiger partial charge in [0.1, 0.15) is 18.5 Å². The summed E-state index contributed by atoms with van der Waals surface area (Å²) in [6.07, 6.45) is 2.23. The van der Waals surface area contributed by atoms with Crippen LogP contribution in [0.4, 0.5) is 0 Å². The summed E-state index contributed by atoms with van der Waals surface area (Å²) < 4.78 is 5.49. The third-order valence-electron chi connectivity index (χ3n) is 3.51. The predicted molar refractivity (Wildman–Crippen MR) is 77.7 cm³/mol. The standard InChI is InChI=1S/C15H22ClNO2/c1-11(12-5-6-12)8-17-9-14(18)10-19-15-4-2-3-13(16)7-15/h2-4,7,11-12,14,17-18H,5-6,8-10H2,1H3. The van der Waals surface area contributed by atoms with E-state index < -0.39 is 6.10 Å². The molecular formula is C15H22ClNO2. The van der Waals surface area contributed by atoms with Crippen LogP contribution in [0.15, 0.2) is 24.3 Å². The van der Waals surface area contributed by atoms with Crippen molar-refractivity contribution in [3.05, 3.63) is 29.3 Å². The minimum absolute atomic E-state index is 0.283. The van der Waals surface area contributed by atoms with Crippen molar-refractivity contribution in [2.45, 2.75) is 25.9 Å². The van der Waals surface area contributed by atoms with Gasteiger partial charge in [0.25, 0.3) is 0 Å². The average Bonchev–Trinajstić information content (AvgIpc) is 3.20. The Bertz CT molecular complexity index is 395. The highest BCUT2D eigenvalue weighted by Gasteiger charge is 2.27. The van der Waals surface area contributed by atoms with Crippen LogP contribution in [0.3, 0.4) is 0 Å². The van der Waals surface area contributed by atoms with Crippen LogP contribution in [0.5, 0.6) is 5.75 Å². The molecule has 2 unspecified atom stereocenters. The van der Waals surface area contributed by atoms with Crippen molar-refractivity contribution < 1.29 is 9.84 Å². The molecule has 2 rings (SSSR count). The highest BCUT2D eigenvalue weighted by molar-refractivity contribution is 6.30. The van der Waals surface area contributed by atoms with Crippen molar-refractivity contribution in [1.82, 2.24) is 5.32 Å². The van der Waals surface area contributed by atoms with Gasteiger partial charge in [-0.25, -0.2) is 0 Å². The Morgan fingerprint density at radius 2 is 2.21 bits per heavy atom. The molecule has 4 heteroatoms. The largest absolute Gasteiger partial charge is 0.491 e. The minimum atomic E-state index is -0.495. The summed E-state index contributed by atoms with van der Waals surface area (Å²) in [7, 11) is 0. The molecule has 1 aromatic rings. The van der Waals surface area contributed by atoms with Crippen LogP contribution in [-0.4, -0.2) is 30.9 Å². The van der Waals surface area contributed by atoms with Gasteiger partial charge >= 0.3 is 0 Å². The van der Waals surface area contributed by atoms with E-state index in [1.807, 2.05) is 12.1 Å². The van der Waals surface area contributed by atoms with Crippen molar-refractivity contribution in [3.8, 4) is 5.75 Å². The molecule has 0 heterocycles. The molecule has 0 bridgehead atoms. The molecule has 0 saturated heterocycles. The van der Waals surface area contributed by atoms with E-state index in [4.69, 9.17) is 16.3 Å². The van der Waals surface area contributed by atoms with Crippen molar-refractivity contribution in [2.24, 2.45) is 11.8 Å². The number of hydrogen-bond acceptors (Lipinski definition) is 3. The lowest BCUT2D eigenvalue weighted by Gasteiger charge is -2.15. The number of ether oxygens (including phenoxy) is 1. The van der Waals surface area contributed by atoms with E-state index in [0.29, 0.717) is 23.2 Å². The Hall–Kier alpha value is -0.770. The lowest BCUT2D eigenvalue weighted by Crippen LogP contribution is -2.34. The van der Waals surface area contributed by atoms with E-state index in [9.17, 15) is 5.11 Å². The van der Waals surface area contributed by atoms with Crippen LogP contribution in [0.2, 0.25) is 5.02 Å². The molecule has 3 nitrogen and oxygen atoms in total. The number of halogens is 1. The zero-order chi connectivity index (χ0) is 13.7. The van der Waals surface area contributed by atoms with E-state index in [1.54, 1.807) is 12.1 Å². The van der Waals surface area contributed by atoms with Gasteiger partial charge in [-0.15, -0.1) is 0 Å². The van der Waals surface area contributed by atoms with Crippen LogP contribution in [0, 0.1) is 11.8 Å². The fourth-order valence-corrected chi connectivity index (χ4v) is 2.30. The van der Waals surface area contributed by atoms with Gasteiger partial charge in [0, 0.05) is 11.6 Å². The molecule has 106 valence electrons. The first-order valence-corrected chi connectivity index (χ1v) is 7.30. The Morgan fingerprint density at radius 1 is 1.42 bits per heavy atom. The zero-order valence-electron chi connectivity index (χ0n) is 11.3.